The molecule has 0 rings (SSSR count). The normalized spacial score (nSPS) is 14.2. The third-order valence-electron chi connectivity index (χ3n) is 17.5. The third kappa shape index (κ3) is 71.7. The van der Waals surface area contributed by atoms with Gasteiger partial charge in [0.2, 0.25) is 0 Å². The number of ether oxygens (including phenoxy) is 4. The number of aliphatic hydroxyl groups excluding tert-OH is 1. The van der Waals surface area contributed by atoms with E-state index < -0.39 is 97.5 Å². The second-order valence-electron chi connectivity index (χ2n) is 28.8. The molecule has 0 aliphatic rings. The first-order chi connectivity index (χ1) is 46.7. The minimum absolute atomic E-state index is 0.0846. The number of hydrogen-bond acceptors (Lipinski definition) is 15. The van der Waals surface area contributed by atoms with Gasteiger partial charge in [-0.05, 0) is 69.1 Å². The topological polar surface area (TPSA) is 237 Å². The molecule has 0 aromatic heterocycles. The van der Waals surface area contributed by atoms with Gasteiger partial charge in [-0.2, -0.15) is 0 Å². The molecule has 0 aromatic carbocycles. The van der Waals surface area contributed by atoms with Crippen LogP contribution in [0.3, 0.4) is 0 Å². The van der Waals surface area contributed by atoms with Gasteiger partial charge in [-0.3, -0.25) is 37.3 Å². The summed E-state index contributed by atoms with van der Waals surface area (Å²) in [6.07, 6.45) is 57.9. The highest BCUT2D eigenvalue weighted by molar-refractivity contribution is 7.47. The molecule has 0 spiro atoms. The van der Waals surface area contributed by atoms with Crippen molar-refractivity contribution < 1.29 is 80.2 Å². The van der Waals surface area contributed by atoms with E-state index in [0.717, 1.165) is 121 Å². The first-order valence-corrected chi connectivity index (χ1v) is 42.7. The first kappa shape index (κ1) is 94.5. The van der Waals surface area contributed by atoms with Crippen molar-refractivity contribution in [1.29, 1.82) is 0 Å². The van der Waals surface area contributed by atoms with Gasteiger partial charge < -0.3 is 33.8 Å². The van der Waals surface area contributed by atoms with Gasteiger partial charge in [0.05, 0.1) is 26.4 Å². The Kier molecular flexibility index (Phi) is 66.3. The van der Waals surface area contributed by atoms with Crippen molar-refractivity contribution in [2.75, 3.05) is 39.6 Å². The highest BCUT2D eigenvalue weighted by atomic mass is 31.2. The molecule has 0 fully saturated rings. The Hall–Kier alpha value is -2.46. The third-order valence-corrected chi connectivity index (χ3v) is 19.4. The van der Waals surface area contributed by atoms with E-state index in [9.17, 15) is 43.2 Å². The fraction of sp³-hybridized carbons (Fsp3) is 0.897. The number of phosphoric ester groups is 2. The second-order valence-corrected chi connectivity index (χ2v) is 31.7. The maximum atomic E-state index is 13.1. The van der Waals surface area contributed by atoms with Crippen LogP contribution in [0.4, 0.5) is 0 Å². The standard InChI is InChI=1S/C78H148O17P2/c1-8-9-10-11-12-13-14-15-18-22-27-33-38-47-54-61-77(82)94-73(65-88-75(80)59-52-45-37-32-29-24-26-31-36-43-50-57-70(4)5)67-92-96(84,85)90-63-72(79)64-91-97(86,87)93-68-74(66-89-76(81)60-53-46-41-40-44-51-58-71(6)7)95-78(83)62-55-48-39-34-28-23-20-17-16-19-21-25-30-35-42-49-56-69(2)3/h13-15,18,69-74,79H,8-12,16-17,19-68H2,1-7H3,(H,84,85)(H,86,87)/b14-13-,18-15-/t72?,73-,74-/m1/s1. The first-order valence-electron chi connectivity index (χ1n) is 39.7. The van der Waals surface area contributed by atoms with Gasteiger partial charge in [0.25, 0.3) is 0 Å². The summed E-state index contributed by atoms with van der Waals surface area (Å²) in [7, 11) is -9.93. The van der Waals surface area contributed by atoms with Crippen LogP contribution < -0.4 is 0 Å². The molecule has 0 bridgehead atoms. The number of phosphoric acid groups is 2. The van der Waals surface area contributed by atoms with Gasteiger partial charge in [0, 0.05) is 25.7 Å². The number of aliphatic hydroxyl groups is 1. The molecule has 17 nitrogen and oxygen atoms in total. The number of carbonyl (C=O) groups is 4. The quantitative estimate of drug-likeness (QED) is 0.0169. The van der Waals surface area contributed by atoms with Gasteiger partial charge in [-0.1, -0.05) is 323 Å². The number of hydrogen-bond donors (Lipinski definition) is 3. The summed E-state index contributed by atoms with van der Waals surface area (Å²) in [5.41, 5.74) is 0. The average Bonchev–Trinajstić information content (AvgIpc) is 1.61. The minimum atomic E-state index is -4.97. The lowest BCUT2D eigenvalue weighted by atomic mass is 10.0. The summed E-state index contributed by atoms with van der Waals surface area (Å²) in [5, 5.41) is 10.6. The Morgan fingerprint density at radius 3 is 0.835 bits per heavy atom. The monoisotopic (exact) mass is 1420 g/mol. The number of rotatable bonds is 74. The van der Waals surface area contributed by atoms with Crippen molar-refractivity contribution in [1.82, 2.24) is 0 Å². The van der Waals surface area contributed by atoms with E-state index >= 15 is 0 Å². The zero-order valence-electron chi connectivity index (χ0n) is 63.0. The maximum absolute atomic E-state index is 13.1. The Morgan fingerprint density at radius 1 is 0.320 bits per heavy atom. The van der Waals surface area contributed by atoms with Crippen molar-refractivity contribution >= 4 is 39.5 Å². The van der Waals surface area contributed by atoms with E-state index in [1.807, 2.05) is 0 Å². The number of allylic oxidation sites excluding steroid dienone is 4. The summed E-state index contributed by atoms with van der Waals surface area (Å²) in [4.78, 5) is 72.8. The lowest BCUT2D eigenvalue weighted by molar-refractivity contribution is -0.161. The predicted octanol–water partition coefficient (Wildman–Crippen LogP) is 22.5. The van der Waals surface area contributed by atoms with Crippen LogP contribution in [-0.4, -0.2) is 96.7 Å². The molecule has 0 amide bonds. The van der Waals surface area contributed by atoms with E-state index in [1.165, 1.54) is 167 Å². The number of esters is 4. The zero-order chi connectivity index (χ0) is 71.6. The molecule has 3 N–H and O–H groups in total. The van der Waals surface area contributed by atoms with E-state index in [0.29, 0.717) is 31.6 Å². The van der Waals surface area contributed by atoms with E-state index in [1.54, 1.807) is 0 Å². The molecule has 0 aliphatic carbocycles. The van der Waals surface area contributed by atoms with E-state index in [4.69, 9.17) is 37.0 Å². The molecule has 0 saturated heterocycles. The number of carbonyl (C=O) groups excluding carboxylic acids is 4. The molecule has 0 heterocycles. The number of unbranched alkanes of at least 4 members (excludes halogenated alkanes) is 39. The van der Waals surface area contributed by atoms with Gasteiger partial charge in [-0.15, -0.1) is 0 Å². The summed E-state index contributed by atoms with van der Waals surface area (Å²) in [6, 6.07) is 0. The molecule has 3 unspecified atom stereocenters. The fourth-order valence-corrected chi connectivity index (χ4v) is 13.0. The molecule has 572 valence electrons. The van der Waals surface area contributed by atoms with Crippen LogP contribution in [-0.2, 0) is 65.4 Å². The van der Waals surface area contributed by atoms with Crippen LogP contribution in [0.15, 0.2) is 24.3 Å². The molecule has 0 radical (unpaired) electrons. The molecule has 0 saturated carbocycles. The molecular formula is C78H148O17P2. The predicted molar refractivity (Wildman–Crippen MR) is 395 cm³/mol. The zero-order valence-corrected chi connectivity index (χ0v) is 64.8. The lowest BCUT2D eigenvalue weighted by Gasteiger charge is -2.21. The molecule has 19 heteroatoms. The smallest absolute Gasteiger partial charge is 0.462 e. The van der Waals surface area contributed by atoms with Gasteiger partial charge in [-0.25, -0.2) is 9.13 Å². The molecule has 0 aromatic rings. The van der Waals surface area contributed by atoms with Crippen molar-refractivity contribution in [3.05, 3.63) is 24.3 Å². The van der Waals surface area contributed by atoms with Crippen molar-refractivity contribution in [2.45, 2.75) is 394 Å². The van der Waals surface area contributed by atoms with Crippen molar-refractivity contribution in [3.8, 4) is 0 Å². The molecule has 0 aliphatic heterocycles. The highest BCUT2D eigenvalue weighted by Crippen LogP contribution is 2.45. The largest absolute Gasteiger partial charge is 0.472 e. The summed E-state index contributed by atoms with van der Waals surface area (Å²) >= 11 is 0. The van der Waals surface area contributed by atoms with E-state index in [-0.39, 0.29) is 25.7 Å². The molecule has 5 atom stereocenters. The van der Waals surface area contributed by atoms with Crippen LogP contribution in [0.25, 0.3) is 0 Å². The second kappa shape index (κ2) is 68.0. The van der Waals surface area contributed by atoms with E-state index in [2.05, 4.69) is 72.8 Å². The van der Waals surface area contributed by atoms with Crippen molar-refractivity contribution in [2.24, 2.45) is 17.8 Å². The Bertz CT molecular complexity index is 1980. The summed E-state index contributed by atoms with van der Waals surface area (Å²) in [6.45, 7) is 11.8. The molecule has 97 heavy (non-hydrogen) atoms. The SMILES string of the molecule is CCCCCC/C=C\C=C/CCCCCCCC(=O)O[C@H](COC(=O)CCCCCCCCCCCCCC(C)C)COP(=O)(O)OCC(O)COP(=O)(O)OC[C@@H](COC(=O)CCCCCCCCC(C)C)OC(=O)CCCCCCCCCCCCCCCCCCC(C)C. The van der Waals surface area contributed by atoms with Gasteiger partial charge in [0.15, 0.2) is 12.2 Å². The van der Waals surface area contributed by atoms with Crippen molar-refractivity contribution in [3.63, 3.8) is 0 Å². The van der Waals surface area contributed by atoms with Crippen LogP contribution in [0.2, 0.25) is 0 Å². The van der Waals surface area contributed by atoms with Crippen LogP contribution in [0.1, 0.15) is 376 Å². The maximum Gasteiger partial charge on any atom is 0.472 e. The van der Waals surface area contributed by atoms with Gasteiger partial charge >= 0.3 is 39.5 Å². The summed E-state index contributed by atoms with van der Waals surface area (Å²) in [5.74, 6) is 0.106. The van der Waals surface area contributed by atoms with Crippen LogP contribution >= 0.6 is 15.6 Å². The fourth-order valence-electron chi connectivity index (χ4n) is 11.4. The average molecular weight is 1420 g/mol. The van der Waals surface area contributed by atoms with Crippen LogP contribution in [0.5, 0.6) is 0 Å². The molecular weight excluding hydrogens is 1270 g/mol. The lowest BCUT2D eigenvalue weighted by Crippen LogP contribution is -2.30. The Balaban J connectivity index is 5.25. The Morgan fingerprint density at radius 2 is 0.557 bits per heavy atom. The summed E-state index contributed by atoms with van der Waals surface area (Å²) < 4.78 is 68.5. The van der Waals surface area contributed by atoms with Gasteiger partial charge in [0.1, 0.15) is 19.3 Å². The minimum Gasteiger partial charge on any atom is -0.462 e. The highest BCUT2D eigenvalue weighted by Gasteiger charge is 2.30. The van der Waals surface area contributed by atoms with Crippen LogP contribution in [0, 0.1) is 17.8 Å². The Labute approximate surface area is 592 Å².